The number of esters is 1. The van der Waals surface area contributed by atoms with Crippen LogP contribution in [0.25, 0.3) is 0 Å². The van der Waals surface area contributed by atoms with Crippen molar-refractivity contribution in [2.45, 2.75) is 19.9 Å². The Bertz CT molecular complexity index is 813. The zero-order valence-corrected chi connectivity index (χ0v) is 14.1. The maximum Gasteiger partial charge on any atom is 0.313 e. The van der Waals surface area contributed by atoms with Crippen LogP contribution in [0, 0.1) is 17.0 Å². The third kappa shape index (κ3) is 4.63. The SMILES string of the molecule is Cc1ccc(C(=O)N(C)C)cc1OC(=O)CCn1cc([N+](=O)[O-])cn1. The maximum absolute atomic E-state index is 12.0. The number of rotatable bonds is 6. The molecule has 0 spiro atoms. The van der Waals surface area contributed by atoms with E-state index >= 15 is 0 Å². The second kappa shape index (κ2) is 7.56. The van der Waals surface area contributed by atoms with Crippen molar-refractivity contribution in [3.63, 3.8) is 0 Å². The third-order valence-corrected chi connectivity index (χ3v) is 3.44. The van der Waals surface area contributed by atoms with Crippen molar-refractivity contribution in [3.05, 3.63) is 51.8 Å². The summed E-state index contributed by atoms with van der Waals surface area (Å²) in [6, 6.07) is 4.89. The number of aryl methyl sites for hydroxylation is 2. The fourth-order valence-electron chi connectivity index (χ4n) is 2.05. The van der Waals surface area contributed by atoms with Crippen LogP contribution >= 0.6 is 0 Å². The average Bonchev–Trinajstić information content (AvgIpc) is 3.03. The highest BCUT2D eigenvalue weighted by molar-refractivity contribution is 5.94. The van der Waals surface area contributed by atoms with E-state index in [1.165, 1.54) is 21.8 Å². The maximum atomic E-state index is 12.0. The first-order valence-corrected chi connectivity index (χ1v) is 7.47. The zero-order chi connectivity index (χ0) is 18.6. The fourth-order valence-corrected chi connectivity index (χ4v) is 2.05. The number of nitrogens with zero attached hydrogens (tertiary/aromatic N) is 4. The number of carbonyl (C=O) groups is 2. The van der Waals surface area contributed by atoms with Crippen LogP contribution in [0.2, 0.25) is 0 Å². The van der Waals surface area contributed by atoms with Gasteiger partial charge in [-0.3, -0.25) is 24.4 Å². The summed E-state index contributed by atoms with van der Waals surface area (Å²) in [6.07, 6.45) is 2.35. The summed E-state index contributed by atoms with van der Waals surface area (Å²) in [4.78, 5) is 35.5. The summed E-state index contributed by atoms with van der Waals surface area (Å²) in [5, 5.41) is 14.4. The third-order valence-electron chi connectivity index (χ3n) is 3.44. The summed E-state index contributed by atoms with van der Waals surface area (Å²) in [5.74, 6) is -0.402. The van der Waals surface area contributed by atoms with E-state index in [2.05, 4.69) is 5.10 Å². The van der Waals surface area contributed by atoms with Gasteiger partial charge in [-0.05, 0) is 24.6 Å². The van der Waals surface area contributed by atoms with Crippen LogP contribution in [0.1, 0.15) is 22.3 Å². The lowest BCUT2D eigenvalue weighted by Crippen LogP contribution is -2.22. The minimum atomic E-state index is -0.557. The van der Waals surface area contributed by atoms with Crippen molar-refractivity contribution in [1.82, 2.24) is 14.7 Å². The largest absolute Gasteiger partial charge is 0.426 e. The molecule has 0 bridgehead atoms. The molecular weight excluding hydrogens is 328 g/mol. The number of carbonyl (C=O) groups excluding carboxylic acids is 2. The predicted molar refractivity (Wildman–Crippen MR) is 88.3 cm³/mol. The lowest BCUT2D eigenvalue weighted by Gasteiger charge is -2.13. The van der Waals surface area contributed by atoms with E-state index in [9.17, 15) is 19.7 Å². The number of nitro groups is 1. The van der Waals surface area contributed by atoms with Gasteiger partial charge in [-0.25, -0.2) is 0 Å². The van der Waals surface area contributed by atoms with Gasteiger partial charge in [-0.15, -0.1) is 0 Å². The number of benzene rings is 1. The lowest BCUT2D eigenvalue weighted by atomic mass is 10.1. The molecule has 9 heteroatoms. The molecule has 0 aliphatic heterocycles. The van der Waals surface area contributed by atoms with E-state index in [1.54, 1.807) is 33.2 Å². The van der Waals surface area contributed by atoms with Gasteiger partial charge >= 0.3 is 11.7 Å². The van der Waals surface area contributed by atoms with Crippen LogP contribution in [0.4, 0.5) is 5.69 Å². The second-order valence-corrected chi connectivity index (χ2v) is 5.62. The van der Waals surface area contributed by atoms with Crippen molar-refractivity contribution in [3.8, 4) is 5.75 Å². The summed E-state index contributed by atoms with van der Waals surface area (Å²) in [7, 11) is 3.27. The van der Waals surface area contributed by atoms with Crippen molar-refractivity contribution >= 4 is 17.6 Å². The average molecular weight is 346 g/mol. The molecule has 1 heterocycles. The van der Waals surface area contributed by atoms with Gasteiger partial charge in [0.2, 0.25) is 0 Å². The Morgan fingerprint density at radius 1 is 1.36 bits per heavy atom. The highest BCUT2D eigenvalue weighted by Gasteiger charge is 2.14. The Morgan fingerprint density at radius 2 is 2.08 bits per heavy atom. The van der Waals surface area contributed by atoms with Crippen LogP contribution in [-0.4, -0.2) is 45.6 Å². The summed E-state index contributed by atoms with van der Waals surface area (Å²) in [6.45, 7) is 1.92. The molecule has 2 rings (SSSR count). The van der Waals surface area contributed by atoms with Gasteiger partial charge in [-0.2, -0.15) is 5.10 Å². The summed E-state index contributed by atoms with van der Waals surface area (Å²) < 4.78 is 6.61. The Morgan fingerprint density at radius 3 is 2.68 bits per heavy atom. The monoisotopic (exact) mass is 346 g/mol. The van der Waals surface area contributed by atoms with E-state index in [1.807, 2.05) is 0 Å². The topological polar surface area (TPSA) is 108 Å². The molecule has 0 fully saturated rings. The van der Waals surface area contributed by atoms with E-state index in [4.69, 9.17) is 4.74 Å². The van der Waals surface area contributed by atoms with Gasteiger partial charge in [0.25, 0.3) is 5.91 Å². The van der Waals surface area contributed by atoms with Gasteiger partial charge in [0.1, 0.15) is 18.1 Å². The van der Waals surface area contributed by atoms with Gasteiger partial charge in [-0.1, -0.05) is 6.07 Å². The Labute approximate surface area is 143 Å². The molecule has 9 nitrogen and oxygen atoms in total. The molecule has 0 aliphatic rings. The summed E-state index contributed by atoms with van der Waals surface area (Å²) >= 11 is 0. The molecule has 132 valence electrons. The van der Waals surface area contributed by atoms with Gasteiger partial charge < -0.3 is 9.64 Å². The van der Waals surface area contributed by atoms with Crippen LogP contribution in [0.3, 0.4) is 0 Å². The molecule has 0 saturated heterocycles. The standard InChI is InChI=1S/C16H18N4O5/c1-11-4-5-12(16(22)18(2)3)8-14(11)25-15(21)6-7-19-10-13(9-17-19)20(23)24/h4-5,8-10H,6-7H2,1-3H3. The van der Waals surface area contributed by atoms with Gasteiger partial charge in [0, 0.05) is 19.7 Å². The first kappa shape index (κ1) is 18.1. The molecule has 2 aromatic rings. The van der Waals surface area contributed by atoms with E-state index < -0.39 is 10.9 Å². The molecule has 0 unspecified atom stereocenters. The molecule has 0 saturated carbocycles. The van der Waals surface area contributed by atoms with Crippen LogP contribution in [-0.2, 0) is 11.3 Å². The van der Waals surface area contributed by atoms with Crippen molar-refractivity contribution in [2.75, 3.05) is 14.1 Å². The number of hydrogen-bond donors (Lipinski definition) is 0. The van der Waals surface area contributed by atoms with Crippen molar-refractivity contribution < 1.29 is 19.2 Å². The molecule has 0 aliphatic carbocycles. The van der Waals surface area contributed by atoms with Crippen LogP contribution in [0.5, 0.6) is 5.75 Å². The van der Waals surface area contributed by atoms with E-state index in [-0.39, 0.29) is 24.6 Å². The number of aromatic nitrogens is 2. The molecule has 0 atom stereocenters. The highest BCUT2D eigenvalue weighted by atomic mass is 16.6. The predicted octanol–water partition coefficient (Wildman–Crippen LogP) is 1.80. The molecule has 0 N–H and O–H groups in total. The molecule has 1 amide bonds. The van der Waals surface area contributed by atoms with Crippen LogP contribution in [0.15, 0.2) is 30.6 Å². The summed E-state index contributed by atoms with van der Waals surface area (Å²) in [5.41, 5.74) is 0.999. The first-order valence-electron chi connectivity index (χ1n) is 7.47. The quantitative estimate of drug-likeness (QED) is 0.341. The van der Waals surface area contributed by atoms with Gasteiger partial charge in [0.15, 0.2) is 0 Å². The highest BCUT2D eigenvalue weighted by Crippen LogP contribution is 2.21. The molecule has 0 radical (unpaired) electrons. The number of amides is 1. The molecule has 25 heavy (non-hydrogen) atoms. The van der Waals surface area contributed by atoms with Crippen molar-refractivity contribution in [1.29, 1.82) is 0 Å². The number of ether oxygens (including phenoxy) is 1. The second-order valence-electron chi connectivity index (χ2n) is 5.62. The Balaban J connectivity index is 2.00. The minimum Gasteiger partial charge on any atom is -0.426 e. The van der Waals surface area contributed by atoms with Crippen LogP contribution < -0.4 is 4.74 Å². The smallest absolute Gasteiger partial charge is 0.313 e. The lowest BCUT2D eigenvalue weighted by molar-refractivity contribution is -0.385. The molecular formula is C16H18N4O5. The van der Waals surface area contributed by atoms with Gasteiger partial charge in [0.05, 0.1) is 17.9 Å². The number of hydrogen-bond acceptors (Lipinski definition) is 6. The minimum absolute atomic E-state index is 0.00979. The first-order chi connectivity index (χ1) is 11.8. The Kier molecular flexibility index (Phi) is 5.48. The van der Waals surface area contributed by atoms with E-state index in [0.717, 1.165) is 11.8 Å². The van der Waals surface area contributed by atoms with Crippen molar-refractivity contribution in [2.24, 2.45) is 0 Å². The fraction of sp³-hybridized carbons (Fsp3) is 0.312. The molecule has 1 aromatic heterocycles. The normalized spacial score (nSPS) is 10.4. The van der Waals surface area contributed by atoms with E-state index in [0.29, 0.717) is 11.3 Å². The molecule has 1 aromatic carbocycles. The zero-order valence-electron chi connectivity index (χ0n) is 14.1. The Hall–Kier alpha value is -3.23.